The Morgan fingerprint density at radius 1 is 0.977 bits per heavy atom. The number of benzene rings is 2. The fourth-order valence-electron chi connectivity index (χ4n) is 6.00. The van der Waals surface area contributed by atoms with Crippen molar-refractivity contribution in [3.8, 4) is 11.3 Å². The van der Waals surface area contributed by atoms with Crippen LogP contribution < -0.4 is 5.32 Å². The molecular formula is C33H36Cl2N6O2. The average molecular weight is 620 g/mol. The van der Waals surface area contributed by atoms with Crippen LogP contribution in [0.5, 0.6) is 0 Å². The number of guanidine groups is 1. The second-order valence-electron chi connectivity index (χ2n) is 12.1. The molecule has 1 amide bonds. The number of hydrogen-bond acceptors (Lipinski definition) is 6. The normalized spacial score (nSPS) is 20.7. The maximum absolute atomic E-state index is 12.9. The number of nitrogens with one attached hydrogen (secondary N) is 1. The first kappa shape index (κ1) is 28.4. The summed E-state index contributed by atoms with van der Waals surface area (Å²) >= 11 is 12.8. The molecule has 3 aromatic rings. The predicted octanol–water partition coefficient (Wildman–Crippen LogP) is 7.41. The van der Waals surface area contributed by atoms with Crippen molar-refractivity contribution in [2.24, 2.45) is 15.9 Å². The second-order valence-corrected chi connectivity index (χ2v) is 12.9. The number of likely N-dealkylation sites (tertiary alicyclic amines) is 1. The molecule has 7 rings (SSSR count). The summed E-state index contributed by atoms with van der Waals surface area (Å²) in [7, 11) is 0. The third-order valence-electron chi connectivity index (χ3n) is 8.74. The summed E-state index contributed by atoms with van der Waals surface area (Å²) in [6, 6.07) is 15.9. The average Bonchev–Trinajstić information content (AvgIpc) is 3.97. The summed E-state index contributed by atoms with van der Waals surface area (Å²) in [5, 5.41) is 4.51. The van der Waals surface area contributed by atoms with Gasteiger partial charge in [0.1, 0.15) is 18.5 Å². The monoisotopic (exact) mass is 618 g/mol. The Hall–Kier alpha value is -3.36. The minimum Gasteiger partial charge on any atom is -0.445 e. The standard InChI is InChI=1S/C33H36Cl2N6O2/c34-26-11-8-24(18-27(26)35)29-30(28-12-15-36-32(38-28)37-25-9-10-25)41(19-21-6-7-21)31(39-29)23-13-16-40(17-14-23)33(42)43-20-22-4-2-1-3-5-22/h1-5,8,11,15,18,21,23,25,28H,6-7,9-10,12-14,16-17,19-20H2,(H,37,38). The third-order valence-corrected chi connectivity index (χ3v) is 9.48. The maximum Gasteiger partial charge on any atom is 0.410 e. The zero-order valence-corrected chi connectivity index (χ0v) is 25.6. The summed E-state index contributed by atoms with van der Waals surface area (Å²) in [4.78, 5) is 29.7. The number of rotatable bonds is 8. The highest BCUT2D eigenvalue weighted by Crippen LogP contribution is 2.42. The van der Waals surface area contributed by atoms with Crippen LogP contribution in [-0.4, -0.2) is 51.8 Å². The Bertz CT molecular complexity index is 1540. The summed E-state index contributed by atoms with van der Waals surface area (Å²) in [5.41, 5.74) is 3.96. The Balaban J connectivity index is 1.17. The summed E-state index contributed by atoms with van der Waals surface area (Å²) < 4.78 is 8.08. The van der Waals surface area contributed by atoms with Gasteiger partial charge in [-0.3, -0.25) is 0 Å². The maximum atomic E-state index is 12.9. The minimum atomic E-state index is -0.257. The van der Waals surface area contributed by atoms with Crippen molar-refractivity contribution in [2.45, 2.75) is 76.1 Å². The SMILES string of the molecule is O=C(OCc1ccccc1)N1CCC(c2nc(-c3ccc(Cl)c(Cl)c3)c(C3CC=NC(NC4CC4)=N3)n2CC2CC2)CC1. The molecule has 2 saturated carbocycles. The van der Waals surface area contributed by atoms with E-state index in [1.165, 1.54) is 12.8 Å². The molecule has 1 aromatic heterocycles. The largest absolute Gasteiger partial charge is 0.445 e. The van der Waals surface area contributed by atoms with Gasteiger partial charge in [0, 0.05) is 49.8 Å². The molecule has 224 valence electrons. The molecule has 10 heteroatoms. The van der Waals surface area contributed by atoms with Gasteiger partial charge in [-0.2, -0.15) is 0 Å². The molecule has 1 unspecified atom stereocenters. The van der Waals surface area contributed by atoms with Crippen molar-refractivity contribution in [3.05, 3.63) is 75.7 Å². The molecule has 0 spiro atoms. The van der Waals surface area contributed by atoms with E-state index in [1.54, 1.807) is 0 Å². The van der Waals surface area contributed by atoms with Crippen LogP contribution in [0.1, 0.15) is 74.0 Å². The molecule has 3 fully saturated rings. The van der Waals surface area contributed by atoms with Crippen LogP contribution in [0, 0.1) is 5.92 Å². The van der Waals surface area contributed by atoms with Gasteiger partial charge in [0.05, 0.1) is 21.4 Å². The summed E-state index contributed by atoms with van der Waals surface area (Å²) in [6.07, 6.45) is 8.88. The first-order valence-corrected chi connectivity index (χ1v) is 16.2. The van der Waals surface area contributed by atoms with Crippen molar-refractivity contribution in [2.75, 3.05) is 13.1 Å². The van der Waals surface area contributed by atoms with Gasteiger partial charge in [-0.25, -0.2) is 19.8 Å². The van der Waals surface area contributed by atoms with Gasteiger partial charge in [0.2, 0.25) is 5.96 Å². The fourth-order valence-corrected chi connectivity index (χ4v) is 6.30. The van der Waals surface area contributed by atoms with Gasteiger partial charge in [-0.05, 0) is 62.1 Å². The Morgan fingerprint density at radius 2 is 1.77 bits per heavy atom. The molecule has 3 heterocycles. The van der Waals surface area contributed by atoms with Crippen LogP contribution in [0.15, 0.2) is 58.5 Å². The lowest BCUT2D eigenvalue weighted by Gasteiger charge is -2.31. The number of amides is 1. The van der Waals surface area contributed by atoms with Crippen molar-refractivity contribution in [1.29, 1.82) is 0 Å². The molecule has 8 nitrogen and oxygen atoms in total. The van der Waals surface area contributed by atoms with E-state index in [-0.39, 0.29) is 24.7 Å². The van der Waals surface area contributed by atoms with Crippen molar-refractivity contribution >= 4 is 41.5 Å². The minimum absolute atomic E-state index is 0.101. The highest BCUT2D eigenvalue weighted by Gasteiger charge is 2.35. The molecule has 2 aromatic carbocycles. The molecule has 4 aliphatic rings. The zero-order chi connectivity index (χ0) is 29.3. The van der Waals surface area contributed by atoms with Crippen LogP contribution in [0.4, 0.5) is 4.79 Å². The number of aliphatic imine (C=N–C) groups is 2. The van der Waals surface area contributed by atoms with Gasteiger partial charge in [-0.1, -0.05) is 59.6 Å². The van der Waals surface area contributed by atoms with Gasteiger partial charge in [0.15, 0.2) is 0 Å². The lowest BCUT2D eigenvalue weighted by Crippen LogP contribution is -2.38. The van der Waals surface area contributed by atoms with Gasteiger partial charge < -0.3 is 19.5 Å². The Labute approximate surface area is 262 Å². The molecule has 43 heavy (non-hydrogen) atoms. The fraction of sp³-hybridized carbons (Fsp3) is 0.455. The van der Waals surface area contributed by atoms with Gasteiger partial charge in [-0.15, -0.1) is 0 Å². The highest BCUT2D eigenvalue weighted by atomic mass is 35.5. The van der Waals surface area contributed by atoms with Gasteiger partial charge >= 0.3 is 6.09 Å². The number of imidazole rings is 1. The first-order chi connectivity index (χ1) is 21.0. The molecule has 2 aliphatic carbocycles. The summed E-state index contributed by atoms with van der Waals surface area (Å²) in [6.45, 7) is 2.48. The van der Waals surface area contributed by atoms with E-state index in [2.05, 4.69) is 14.9 Å². The van der Waals surface area contributed by atoms with Crippen molar-refractivity contribution in [3.63, 3.8) is 0 Å². The van der Waals surface area contributed by atoms with Crippen LogP contribution >= 0.6 is 23.2 Å². The second kappa shape index (κ2) is 12.3. The number of carbonyl (C=O) groups excluding carboxylic acids is 1. The van der Waals surface area contributed by atoms with Crippen LogP contribution in [0.3, 0.4) is 0 Å². The molecule has 0 radical (unpaired) electrons. The molecule has 1 N–H and O–H groups in total. The van der Waals surface area contributed by atoms with Crippen LogP contribution in [-0.2, 0) is 17.9 Å². The number of ether oxygens (including phenoxy) is 1. The lowest BCUT2D eigenvalue weighted by atomic mass is 9.96. The lowest BCUT2D eigenvalue weighted by molar-refractivity contribution is 0.0864. The Kier molecular flexibility index (Phi) is 8.15. The molecule has 2 aliphatic heterocycles. The Morgan fingerprint density at radius 3 is 2.49 bits per heavy atom. The van der Waals surface area contributed by atoms with E-state index < -0.39 is 0 Å². The number of carbonyl (C=O) groups is 1. The third kappa shape index (κ3) is 6.60. The quantitative estimate of drug-likeness (QED) is 0.285. The number of hydrogen-bond donors (Lipinski definition) is 1. The van der Waals surface area contributed by atoms with E-state index in [0.29, 0.717) is 47.5 Å². The van der Waals surface area contributed by atoms with E-state index in [4.69, 9.17) is 37.9 Å². The molecule has 1 saturated heterocycles. The van der Waals surface area contributed by atoms with E-state index in [1.807, 2.05) is 59.6 Å². The smallest absolute Gasteiger partial charge is 0.410 e. The number of halogens is 2. The van der Waals surface area contributed by atoms with Crippen molar-refractivity contribution < 1.29 is 9.53 Å². The highest BCUT2D eigenvalue weighted by molar-refractivity contribution is 6.42. The zero-order valence-electron chi connectivity index (χ0n) is 24.1. The van der Waals surface area contributed by atoms with E-state index >= 15 is 0 Å². The van der Waals surface area contributed by atoms with Crippen LogP contribution in [0.2, 0.25) is 10.0 Å². The first-order valence-electron chi connectivity index (χ1n) is 15.4. The molecule has 1 atom stereocenters. The van der Waals surface area contributed by atoms with E-state index in [0.717, 1.165) is 60.6 Å². The predicted molar refractivity (Wildman–Crippen MR) is 170 cm³/mol. The summed E-state index contributed by atoms with van der Waals surface area (Å²) in [5.74, 6) is 2.65. The molecular weight excluding hydrogens is 583 g/mol. The number of piperidine rings is 1. The van der Waals surface area contributed by atoms with Crippen molar-refractivity contribution in [1.82, 2.24) is 19.8 Å². The topological polar surface area (TPSA) is 84.1 Å². The van der Waals surface area contributed by atoms with E-state index in [9.17, 15) is 4.79 Å². The van der Waals surface area contributed by atoms with Crippen LogP contribution in [0.25, 0.3) is 11.3 Å². The number of nitrogens with zero attached hydrogens (tertiary/aromatic N) is 5. The number of aromatic nitrogens is 2. The van der Waals surface area contributed by atoms with Gasteiger partial charge in [0.25, 0.3) is 0 Å². The molecule has 0 bridgehead atoms.